The summed E-state index contributed by atoms with van der Waals surface area (Å²) in [5.74, 6) is 1.49. The Balaban J connectivity index is 1.66. The first-order chi connectivity index (χ1) is 8.58. The molecular formula is C14H22N2O2. The van der Waals surface area contributed by atoms with Crippen molar-refractivity contribution in [2.75, 3.05) is 0 Å². The van der Waals surface area contributed by atoms with Crippen LogP contribution in [0.3, 0.4) is 0 Å². The molecule has 3 fully saturated rings. The van der Waals surface area contributed by atoms with Crippen LogP contribution in [0.2, 0.25) is 0 Å². The number of rotatable bonds is 5. The van der Waals surface area contributed by atoms with Gasteiger partial charge in [-0.1, -0.05) is 0 Å². The molecule has 0 radical (unpaired) electrons. The van der Waals surface area contributed by atoms with Gasteiger partial charge in [-0.15, -0.1) is 0 Å². The largest absolute Gasteiger partial charge is 0.302 e. The summed E-state index contributed by atoms with van der Waals surface area (Å²) in [6.07, 6.45) is 5.51. The highest BCUT2D eigenvalue weighted by Crippen LogP contribution is 2.45. The first-order valence-corrected chi connectivity index (χ1v) is 7.20. The molecule has 1 saturated heterocycles. The van der Waals surface area contributed by atoms with Gasteiger partial charge >= 0.3 is 0 Å². The van der Waals surface area contributed by atoms with E-state index in [1.165, 1.54) is 30.6 Å². The molecule has 0 bridgehead atoms. The lowest BCUT2D eigenvalue weighted by Gasteiger charge is -2.23. The van der Waals surface area contributed by atoms with Gasteiger partial charge in [-0.3, -0.25) is 14.5 Å². The molecule has 3 aliphatic rings. The zero-order valence-electron chi connectivity index (χ0n) is 11.2. The maximum atomic E-state index is 12.2. The van der Waals surface area contributed by atoms with Crippen LogP contribution in [0, 0.1) is 11.8 Å². The average molecular weight is 250 g/mol. The molecule has 2 saturated carbocycles. The quantitative estimate of drug-likeness (QED) is 0.748. The molecule has 1 heterocycles. The highest BCUT2D eigenvalue weighted by Gasteiger charge is 2.46. The fraction of sp³-hybridized carbons (Fsp3) is 0.857. The second kappa shape index (κ2) is 4.34. The second-order valence-electron chi connectivity index (χ2n) is 6.32. The van der Waals surface area contributed by atoms with Gasteiger partial charge in [0.1, 0.15) is 0 Å². The van der Waals surface area contributed by atoms with Gasteiger partial charge in [0, 0.05) is 12.1 Å². The van der Waals surface area contributed by atoms with Crippen molar-refractivity contribution in [2.24, 2.45) is 11.8 Å². The van der Waals surface area contributed by atoms with Crippen molar-refractivity contribution in [3.63, 3.8) is 0 Å². The number of nitrogens with one attached hydrogen (secondary N) is 1. The van der Waals surface area contributed by atoms with E-state index in [1.54, 1.807) is 0 Å². The van der Waals surface area contributed by atoms with E-state index < -0.39 is 0 Å². The van der Waals surface area contributed by atoms with Crippen LogP contribution in [0.25, 0.3) is 0 Å². The SMILES string of the molecule is CC(C)N1C(=O)CC(NC(C2CC2)C2CC2)C1=O. The van der Waals surface area contributed by atoms with Gasteiger partial charge in [0.2, 0.25) is 11.8 Å². The Kier molecular flexibility index (Phi) is 2.93. The molecule has 0 aromatic heterocycles. The zero-order chi connectivity index (χ0) is 12.9. The van der Waals surface area contributed by atoms with Gasteiger partial charge < -0.3 is 5.32 Å². The van der Waals surface area contributed by atoms with Crippen LogP contribution in [0.15, 0.2) is 0 Å². The van der Waals surface area contributed by atoms with E-state index in [0.717, 1.165) is 11.8 Å². The number of carbonyl (C=O) groups excluding carboxylic acids is 2. The summed E-state index contributed by atoms with van der Waals surface area (Å²) in [5.41, 5.74) is 0. The summed E-state index contributed by atoms with van der Waals surface area (Å²) in [7, 11) is 0. The number of likely N-dealkylation sites (tertiary alicyclic amines) is 1. The van der Waals surface area contributed by atoms with Crippen molar-refractivity contribution < 1.29 is 9.59 Å². The summed E-state index contributed by atoms with van der Waals surface area (Å²) in [4.78, 5) is 25.5. The minimum atomic E-state index is -0.258. The molecule has 3 rings (SSSR count). The fourth-order valence-electron chi connectivity index (χ4n) is 3.12. The number of amides is 2. The lowest BCUT2D eigenvalue weighted by Crippen LogP contribution is -2.46. The highest BCUT2D eigenvalue weighted by molar-refractivity contribution is 6.05. The first-order valence-electron chi connectivity index (χ1n) is 7.20. The molecule has 1 N–H and O–H groups in total. The predicted molar refractivity (Wildman–Crippen MR) is 67.8 cm³/mol. The molecular weight excluding hydrogens is 228 g/mol. The Bertz CT molecular complexity index is 360. The van der Waals surface area contributed by atoms with Crippen molar-refractivity contribution in [3.8, 4) is 0 Å². The van der Waals surface area contributed by atoms with Gasteiger partial charge in [0.05, 0.1) is 12.5 Å². The smallest absolute Gasteiger partial charge is 0.247 e. The van der Waals surface area contributed by atoms with E-state index in [-0.39, 0.29) is 23.9 Å². The molecule has 1 unspecified atom stereocenters. The van der Waals surface area contributed by atoms with Gasteiger partial charge in [-0.05, 0) is 51.4 Å². The number of hydrogen-bond acceptors (Lipinski definition) is 3. The Morgan fingerprint density at radius 2 is 1.67 bits per heavy atom. The summed E-state index contributed by atoms with van der Waals surface area (Å²) in [5, 5.41) is 3.49. The van der Waals surface area contributed by atoms with Crippen LogP contribution in [0.5, 0.6) is 0 Å². The van der Waals surface area contributed by atoms with Gasteiger partial charge in [0.25, 0.3) is 0 Å². The molecule has 0 aromatic rings. The van der Waals surface area contributed by atoms with Crippen molar-refractivity contribution in [3.05, 3.63) is 0 Å². The van der Waals surface area contributed by atoms with Crippen LogP contribution < -0.4 is 5.32 Å². The lowest BCUT2D eigenvalue weighted by molar-refractivity contribution is -0.140. The third-order valence-corrected chi connectivity index (χ3v) is 4.35. The second-order valence-corrected chi connectivity index (χ2v) is 6.32. The van der Waals surface area contributed by atoms with Crippen LogP contribution in [-0.4, -0.2) is 34.8 Å². The number of hydrogen-bond donors (Lipinski definition) is 1. The lowest BCUT2D eigenvalue weighted by atomic mass is 10.1. The van der Waals surface area contributed by atoms with E-state index in [1.807, 2.05) is 13.8 Å². The normalized spacial score (nSPS) is 28.9. The number of carbonyl (C=O) groups is 2. The molecule has 100 valence electrons. The van der Waals surface area contributed by atoms with E-state index >= 15 is 0 Å². The molecule has 2 amide bonds. The van der Waals surface area contributed by atoms with E-state index in [9.17, 15) is 9.59 Å². The van der Waals surface area contributed by atoms with Crippen LogP contribution in [0.1, 0.15) is 46.0 Å². The molecule has 0 spiro atoms. The van der Waals surface area contributed by atoms with Gasteiger partial charge in [0.15, 0.2) is 0 Å². The molecule has 2 aliphatic carbocycles. The Morgan fingerprint density at radius 3 is 2.06 bits per heavy atom. The number of nitrogens with zero attached hydrogens (tertiary/aromatic N) is 1. The molecule has 4 heteroatoms. The Hall–Kier alpha value is -0.900. The van der Waals surface area contributed by atoms with E-state index in [2.05, 4.69) is 5.32 Å². The van der Waals surface area contributed by atoms with Gasteiger partial charge in [-0.2, -0.15) is 0 Å². The Morgan fingerprint density at radius 1 is 1.11 bits per heavy atom. The topological polar surface area (TPSA) is 49.4 Å². The Labute approximate surface area is 108 Å². The molecule has 0 aromatic carbocycles. The summed E-state index contributed by atoms with van der Waals surface area (Å²) in [6, 6.07) is 0.210. The highest BCUT2D eigenvalue weighted by atomic mass is 16.2. The van der Waals surface area contributed by atoms with Crippen molar-refractivity contribution in [1.82, 2.24) is 10.2 Å². The third kappa shape index (κ3) is 2.18. The van der Waals surface area contributed by atoms with Gasteiger partial charge in [-0.25, -0.2) is 0 Å². The fourth-order valence-corrected chi connectivity index (χ4v) is 3.12. The monoisotopic (exact) mass is 250 g/mol. The molecule has 1 atom stereocenters. The minimum absolute atomic E-state index is 0.0127. The minimum Gasteiger partial charge on any atom is -0.302 e. The molecule has 18 heavy (non-hydrogen) atoms. The molecule has 4 nitrogen and oxygen atoms in total. The van der Waals surface area contributed by atoms with Crippen LogP contribution in [0.4, 0.5) is 0 Å². The summed E-state index contributed by atoms with van der Waals surface area (Å²) in [6.45, 7) is 3.80. The average Bonchev–Trinajstić information content (AvgIpc) is 3.15. The van der Waals surface area contributed by atoms with Crippen LogP contribution in [-0.2, 0) is 9.59 Å². The molecule has 1 aliphatic heterocycles. The maximum Gasteiger partial charge on any atom is 0.247 e. The third-order valence-electron chi connectivity index (χ3n) is 4.35. The summed E-state index contributed by atoms with van der Waals surface area (Å²) >= 11 is 0. The number of imide groups is 1. The zero-order valence-corrected chi connectivity index (χ0v) is 11.2. The summed E-state index contributed by atoms with van der Waals surface area (Å²) < 4.78 is 0. The van der Waals surface area contributed by atoms with Crippen molar-refractivity contribution in [2.45, 2.75) is 64.1 Å². The van der Waals surface area contributed by atoms with Crippen molar-refractivity contribution in [1.29, 1.82) is 0 Å². The standard InChI is InChI=1S/C14H22N2O2/c1-8(2)16-12(17)7-11(14(16)18)15-13(9-3-4-9)10-5-6-10/h8-11,13,15H,3-7H2,1-2H3. The maximum absolute atomic E-state index is 12.2. The van der Waals surface area contributed by atoms with Crippen molar-refractivity contribution >= 4 is 11.8 Å². The van der Waals surface area contributed by atoms with E-state index in [4.69, 9.17) is 0 Å². The van der Waals surface area contributed by atoms with Crippen LogP contribution >= 0.6 is 0 Å². The predicted octanol–water partition coefficient (Wildman–Crippen LogP) is 1.30. The first kappa shape index (κ1) is 12.2. The van der Waals surface area contributed by atoms with E-state index in [0.29, 0.717) is 12.5 Å².